The van der Waals surface area contributed by atoms with Crippen LogP contribution in [0.4, 0.5) is 13.2 Å². The molecule has 0 amide bonds. The molecule has 0 aliphatic heterocycles. The Bertz CT molecular complexity index is 1490. The van der Waals surface area contributed by atoms with Crippen molar-refractivity contribution >= 4 is 33.7 Å². The molecular formula is C24H16F3N3OS. The summed E-state index contributed by atoms with van der Waals surface area (Å²) in [5.74, 6) is 0.233. The number of alkyl halides is 3. The van der Waals surface area contributed by atoms with Gasteiger partial charge in [0, 0.05) is 16.7 Å². The highest BCUT2D eigenvalue weighted by Crippen LogP contribution is 2.32. The minimum Gasteiger partial charge on any atom is -0.349 e. The zero-order valence-electron chi connectivity index (χ0n) is 16.6. The van der Waals surface area contributed by atoms with Crippen LogP contribution in [-0.2, 0) is 11.9 Å². The first-order valence-electron chi connectivity index (χ1n) is 9.79. The molecule has 160 valence electrons. The maximum atomic E-state index is 13.4. The SMILES string of the molecule is O=c1c2[nH]c3ccccc3c2nc(SCc2cccc(C(F)(F)F)c2)n1-c1ccccc1. The van der Waals surface area contributed by atoms with Gasteiger partial charge in [-0.3, -0.25) is 9.36 Å². The molecular weight excluding hydrogens is 435 g/mol. The van der Waals surface area contributed by atoms with Crippen molar-refractivity contribution in [1.29, 1.82) is 0 Å². The number of fused-ring (bicyclic) bond motifs is 3. The average molecular weight is 451 g/mol. The van der Waals surface area contributed by atoms with Crippen LogP contribution in [0.15, 0.2) is 88.8 Å². The summed E-state index contributed by atoms with van der Waals surface area (Å²) in [4.78, 5) is 21.4. The van der Waals surface area contributed by atoms with Crippen molar-refractivity contribution in [3.63, 3.8) is 0 Å². The van der Waals surface area contributed by atoms with Crippen molar-refractivity contribution in [2.45, 2.75) is 17.1 Å². The van der Waals surface area contributed by atoms with E-state index in [0.717, 1.165) is 23.0 Å². The summed E-state index contributed by atoms with van der Waals surface area (Å²) in [7, 11) is 0. The number of rotatable bonds is 4. The maximum absolute atomic E-state index is 13.4. The lowest BCUT2D eigenvalue weighted by molar-refractivity contribution is -0.137. The molecule has 0 saturated heterocycles. The second kappa shape index (κ2) is 7.87. The Morgan fingerprint density at radius 2 is 1.69 bits per heavy atom. The van der Waals surface area contributed by atoms with Crippen LogP contribution >= 0.6 is 11.8 Å². The topological polar surface area (TPSA) is 50.7 Å². The zero-order valence-corrected chi connectivity index (χ0v) is 17.4. The van der Waals surface area contributed by atoms with Gasteiger partial charge in [-0.1, -0.05) is 66.4 Å². The van der Waals surface area contributed by atoms with Gasteiger partial charge in [0.1, 0.15) is 11.0 Å². The molecule has 1 N–H and O–H groups in total. The first kappa shape index (κ1) is 20.4. The van der Waals surface area contributed by atoms with Gasteiger partial charge in [0.2, 0.25) is 0 Å². The van der Waals surface area contributed by atoms with Gasteiger partial charge in [0.15, 0.2) is 5.16 Å². The van der Waals surface area contributed by atoms with Gasteiger partial charge in [-0.05, 0) is 29.8 Å². The van der Waals surface area contributed by atoms with Crippen molar-refractivity contribution in [1.82, 2.24) is 14.5 Å². The fourth-order valence-corrected chi connectivity index (χ4v) is 4.58. The lowest BCUT2D eigenvalue weighted by atomic mass is 10.1. The molecule has 0 atom stereocenters. The van der Waals surface area contributed by atoms with E-state index in [2.05, 4.69) is 4.98 Å². The van der Waals surface area contributed by atoms with Crippen molar-refractivity contribution in [2.24, 2.45) is 0 Å². The third-order valence-electron chi connectivity index (χ3n) is 5.13. The summed E-state index contributed by atoms with van der Waals surface area (Å²) in [6, 6.07) is 21.8. The van der Waals surface area contributed by atoms with Crippen molar-refractivity contribution < 1.29 is 13.2 Å². The Morgan fingerprint density at radius 3 is 2.47 bits per heavy atom. The average Bonchev–Trinajstić information content (AvgIpc) is 3.17. The number of nitrogens with zero attached hydrogens (tertiary/aromatic N) is 2. The number of aromatic amines is 1. The number of para-hydroxylation sites is 2. The predicted molar refractivity (Wildman–Crippen MR) is 120 cm³/mol. The molecule has 0 spiro atoms. The zero-order chi connectivity index (χ0) is 22.3. The first-order valence-corrected chi connectivity index (χ1v) is 10.8. The summed E-state index contributed by atoms with van der Waals surface area (Å²) in [6.45, 7) is 0. The van der Waals surface area contributed by atoms with Crippen LogP contribution in [0.5, 0.6) is 0 Å². The van der Waals surface area contributed by atoms with Crippen molar-refractivity contribution in [3.8, 4) is 5.69 Å². The number of hydrogen-bond acceptors (Lipinski definition) is 3. The van der Waals surface area contributed by atoms with Crippen LogP contribution < -0.4 is 5.56 Å². The first-order chi connectivity index (χ1) is 15.4. The van der Waals surface area contributed by atoms with Crippen LogP contribution in [0.1, 0.15) is 11.1 Å². The second-order valence-electron chi connectivity index (χ2n) is 7.25. The maximum Gasteiger partial charge on any atom is 0.416 e. The normalized spacial score (nSPS) is 12.0. The summed E-state index contributed by atoms with van der Waals surface area (Å²) < 4.78 is 40.8. The Labute approximate surface area is 184 Å². The van der Waals surface area contributed by atoms with E-state index in [9.17, 15) is 18.0 Å². The van der Waals surface area contributed by atoms with Gasteiger partial charge in [-0.15, -0.1) is 0 Å². The second-order valence-corrected chi connectivity index (χ2v) is 8.19. The number of nitrogens with one attached hydrogen (secondary N) is 1. The molecule has 0 radical (unpaired) electrons. The molecule has 0 aliphatic carbocycles. The van der Waals surface area contributed by atoms with Gasteiger partial charge < -0.3 is 4.98 Å². The summed E-state index contributed by atoms with van der Waals surface area (Å²) in [5, 5.41) is 1.23. The fourth-order valence-electron chi connectivity index (χ4n) is 3.63. The van der Waals surface area contributed by atoms with Gasteiger partial charge >= 0.3 is 6.18 Å². The molecule has 0 bridgehead atoms. The number of H-pyrrole nitrogens is 1. The van der Waals surface area contributed by atoms with Crippen LogP contribution in [0.25, 0.3) is 27.6 Å². The lowest BCUT2D eigenvalue weighted by Crippen LogP contribution is -2.21. The van der Waals surface area contributed by atoms with Gasteiger partial charge in [-0.2, -0.15) is 13.2 Å². The third kappa shape index (κ3) is 3.67. The molecule has 0 saturated carbocycles. The highest BCUT2D eigenvalue weighted by Gasteiger charge is 2.30. The predicted octanol–water partition coefficient (Wildman–Crippen LogP) is 6.18. The molecule has 0 unspecified atom stereocenters. The molecule has 5 aromatic rings. The van der Waals surface area contributed by atoms with E-state index in [1.807, 2.05) is 42.5 Å². The number of aromatic nitrogens is 3. The number of hydrogen-bond donors (Lipinski definition) is 1. The Kier molecular flexibility index (Phi) is 5.01. The monoisotopic (exact) mass is 451 g/mol. The minimum absolute atomic E-state index is 0.233. The standard InChI is InChI=1S/C24H16F3N3OS/c25-24(26,27)16-8-6-7-15(13-16)14-32-23-29-20-18-11-4-5-12-19(18)28-21(20)22(31)30(23)17-9-2-1-3-10-17/h1-13,28H,14H2. The Morgan fingerprint density at radius 1 is 0.938 bits per heavy atom. The lowest BCUT2D eigenvalue weighted by Gasteiger charge is -2.13. The molecule has 2 heterocycles. The third-order valence-corrected chi connectivity index (χ3v) is 6.14. The largest absolute Gasteiger partial charge is 0.416 e. The van der Waals surface area contributed by atoms with Gasteiger partial charge in [0.25, 0.3) is 5.56 Å². The summed E-state index contributed by atoms with van der Waals surface area (Å²) in [5.41, 5.74) is 1.91. The van der Waals surface area contributed by atoms with Crippen molar-refractivity contribution in [3.05, 3.63) is 100 Å². The van der Waals surface area contributed by atoms with E-state index >= 15 is 0 Å². The number of thioether (sulfide) groups is 1. The molecule has 3 aromatic carbocycles. The van der Waals surface area contributed by atoms with E-state index in [1.54, 1.807) is 18.2 Å². The minimum atomic E-state index is -4.41. The Balaban J connectivity index is 1.64. The van der Waals surface area contributed by atoms with E-state index in [0.29, 0.717) is 27.4 Å². The van der Waals surface area contributed by atoms with Crippen LogP contribution in [0.2, 0.25) is 0 Å². The molecule has 0 fully saturated rings. The molecule has 8 heteroatoms. The van der Waals surface area contributed by atoms with E-state index in [1.165, 1.54) is 22.4 Å². The van der Waals surface area contributed by atoms with Crippen LogP contribution in [0.3, 0.4) is 0 Å². The molecule has 0 aliphatic rings. The number of benzene rings is 3. The van der Waals surface area contributed by atoms with E-state index < -0.39 is 11.7 Å². The summed E-state index contributed by atoms with van der Waals surface area (Å²) in [6.07, 6.45) is -4.41. The van der Waals surface area contributed by atoms with Crippen LogP contribution in [0, 0.1) is 0 Å². The van der Waals surface area contributed by atoms with E-state index in [4.69, 9.17) is 4.98 Å². The highest BCUT2D eigenvalue weighted by molar-refractivity contribution is 7.98. The highest BCUT2D eigenvalue weighted by atomic mass is 32.2. The van der Waals surface area contributed by atoms with Crippen LogP contribution in [-0.4, -0.2) is 14.5 Å². The van der Waals surface area contributed by atoms with Gasteiger partial charge in [0.05, 0.1) is 11.3 Å². The smallest absolute Gasteiger partial charge is 0.349 e. The molecule has 2 aromatic heterocycles. The van der Waals surface area contributed by atoms with Gasteiger partial charge in [-0.25, -0.2) is 4.98 Å². The van der Waals surface area contributed by atoms with Crippen molar-refractivity contribution in [2.75, 3.05) is 0 Å². The molecule has 4 nitrogen and oxygen atoms in total. The molecule has 32 heavy (non-hydrogen) atoms. The fraction of sp³-hybridized carbons (Fsp3) is 0.0833. The summed E-state index contributed by atoms with van der Waals surface area (Å²) >= 11 is 1.23. The molecule has 5 rings (SSSR count). The Hall–Kier alpha value is -3.52. The number of halogens is 3. The van der Waals surface area contributed by atoms with E-state index in [-0.39, 0.29) is 11.3 Å². The quantitative estimate of drug-likeness (QED) is 0.262.